The van der Waals surface area contributed by atoms with Crippen LogP contribution in [0.5, 0.6) is 0 Å². The molecule has 0 atom stereocenters. The summed E-state index contributed by atoms with van der Waals surface area (Å²) < 4.78 is 10.8. The standard InChI is InChI=1S/C14H17BrO4/c1-14(2,19-9-12(17)18-3)7-10-5-4-6-11(8-16)13(10)15/h4-6,8H,7,9H2,1-3H3. The second-order valence-corrected chi connectivity index (χ2v) is 5.53. The molecule has 0 unspecified atom stereocenters. The molecule has 104 valence electrons. The van der Waals surface area contributed by atoms with Crippen molar-refractivity contribution in [2.45, 2.75) is 25.9 Å². The Bertz CT molecular complexity index is 469. The number of ether oxygens (including phenoxy) is 2. The fourth-order valence-electron chi connectivity index (χ4n) is 1.65. The lowest BCUT2D eigenvalue weighted by atomic mass is 9.97. The minimum Gasteiger partial charge on any atom is -0.467 e. The van der Waals surface area contributed by atoms with Gasteiger partial charge in [0.15, 0.2) is 6.29 Å². The van der Waals surface area contributed by atoms with Gasteiger partial charge in [0.05, 0.1) is 12.7 Å². The SMILES string of the molecule is COC(=O)COC(C)(C)Cc1cccc(C=O)c1Br. The summed E-state index contributed by atoms with van der Waals surface area (Å²) in [5.41, 5.74) is 1.03. The van der Waals surface area contributed by atoms with Crippen molar-refractivity contribution >= 4 is 28.2 Å². The van der Waals surface area contributed by atoms with Crippen molar-refractivity contribution in [3.8, 4) is 0 Å². The van der Waals surface area contributed by atoms with E-state index in [0.29, 0.717) is 12.0 Å². The summed E-state index contributed by atoms with van der Waals surface area (Å²) in [5, 5.41) is 0. The number of esters is 1. The molecule has 4 nitrogen and oxygen atoms in total. The van der Waals surface area contributed by atoms with Crippen LogP contribution in [0.3, 0.4) is 0 Å². The van der Waals surface area contributed by atoms with Crippen molar-refractivity contribution in [1.29, 1.82) is 0 Å². The molecule has 0 amide bonds. The lowest BCUT2D eigenvalue weighted by molar-refractivity contribution is -0.151. The third kappa shape index (κ3) is 4.76. The summed E-state index contributed by atoms with van der Waals surface area (Å²) in [7, 11) is 1.32. The first-order valence-corrected chi connectivity index (χ1v) is 6.62. The van der Waals surface area contributed by atoms with Gasteiger partial charge in [0.1, 0.15) is 6.61 Å². The highest BCUT2D eigenvalue weighted by Crippen LogP contribution is 2.26. The summed E-state index contributed by atoms with van der Waals surface area (Å²) in [5.74, 6) is -0.409. The molecule has 0 aliphatic rings. The highest BCUT2D eigenvalue weighted by Gasteiger charge is 2.22. The molecule has 1 rings (SSSR count). The van der Waals surface area contributed by atoms with Gasteiger partial charge in [-0.1, -0.05) is 18.2 Å². The Morgan fingerprint density at radius 3 is 2.68 bits per heavy atom. The molecule has 0 aliphatic carbocycles. The quantitative estimate of drug-likeness (QED) is 0.595. The lowest BCUT2D eigenvalue weighted by Crippen LogP contribution is -2.30. The van der Waals surface area contributed by atoms with Gasteiger partial charge in [-0.25, -0.2) is 4.79 Å². The van der Waals surface area contributed by atoms with Gasteiger partial charge in [0.25, 0.3) is 0 Å². The van der Waals surface area contributed by atoms with Gasteiger partial charge in [0.2, 0.25) is 0 Å². The number of methoxy groups -OCH3 is 1. The maximum Gasteiger partial charge on any atom is 0.331 e. The van der Waals surface area contributed by atoms with Crippen LogP contribution in [0.2, 0.25) is 0 Å². The Labute approximate surface area is 121 Å². The van der Waals surface area contributed by atoms with Gasteiger partial charge >= 0.3 is 5.97 Å². The molecular weight excluding hydrogens is 312 g/mol. The van der Waals surface area contributed by atoms with Gasteiger partial charge in [-0.2, -0.15) is 0 Å². The number of carbonyl (C=O) groups excluding carboxylic acids is 2. The third-order valence-corrected chi connectivity index (χ3v) is 3.63. The smallest absolute Gasteiger partial charge is 0.331 e. The van der Waals surface area contributed by atoms with Crippen LogP contribution in [0, 0.1) is 0 Å². The van der Waals surface area contributed by atoms with E-state index in [-0.39, 0.29) is 6.61 Å². The van der Waals surface area contributed by atoms with E-state index in [4.69, 9.17) is 4.74 Å². The Morgan fingerprint density at radius 2 is 2.11 bits per heavy atom. The topological polar surface area (TPSA) is 52.6 Å². The minimum atomic E-state index is -0.530. The zero-order chi connectivity index (χ0) is 14.5. The second-order valence-electron chi connectivity index (χ2n) is 4.74. The molecule has 1 aromatic rings. The van der Waals surface area contributed by atoms with Crippen LogP contribution in [0.25, 0.3) is 0 Å². The van der Waals surface area contributed by atoms with E-state index < -0.39 is 11.6 Å². The molecule has 0 saturated carbocycles. The second kappa shape index (κ2) is 6.82. The van der Waals surface area contributed by atoms with Gasteiger partial charge in [-0.15, -0.1) is 0 Å². The van der Waals surface area contributed by atoms with Gasteiger partial charge in [-0.3, -0.25) is 4.79 Å². The number of carbonyl (C=O) groups is 2. The first-order valence-electron chi connectivity index (χ1n) is 5.83. The largest absolute Gasteiger partial charge is 0.467 e. The normalized spacial score (nSPS) is 11.2. The molecule has 0 aliphatic heterocycles. The number of halogens is 1. The molecule has 19 heavy (non-hydrogen) atoms. The van der Waals surface area contributed by atoms with Crippen LogP contribution < -0.4 is 0 Å². The van der Waals surface area contributed by atoms with E-state index in [2.05, 4.69) is 20.7 Å². The average molecular weight is 329 g/mol. The molecule has 0 saturated heterocycles. The Kier molecular flexibility index (Phi) is 5.69. The summed E-state index contributed by atoms with van der Waals surface area (Å²) in [6.07, 6.45) is 1.38. The highest BCUT2D eigenvalue weighted by atomic mass is 79.9. The maximum absolute atomic E-state index is 11.1. The third-order valence-electron chi connectivity index (χ3n) is 2.66. The van der Waals surface area contributed by atoms with E-state index in [0.717, 1.165) is 16.3 Å². The monoisotopic (exact) mass is 328 g/mol. The molecule has 0 spiro atoms. The molecule has 0 bridgehead atoms. The minimum absolute atomic E-state index is 0.0888. The Balaban J connectivity index is 2.77. The first kappa shape index (κ1) is 15.9. The average Bonchev–Trinajstić information content (AvgIpc) is 2.38. The van der Waals surface area contributed by atoms with Crippen molar-refractivity contribution in [1.82, 2.24) is 0 Å². The van der Waals surface area contributed by atoms with Crippen molar-refractivity contribution in [2.75, 3.05) is 13.7 Å². The first-order chi connectivity index (χ1) is 8.89. The number of aldehydes is 1. The molecule has 5 heteroatoms. The summed E-state index contributed by atoms with van der Waals surface area (Å²) in [6, 6.07) is 5.48. The van der Waals surface area contributed by atoms with Crippen LogP contribution in [-0.4, -0.2) is 31.6 Å². The van der Waals surface area contributed by atoms with E-state index in [1.54, 1.807) is 6.07 Å². The number of rotatable bonds is 6. The predicted octanol–water partition coefficient (Wildman–Crippen LogP) is 2.77. The van der Waals surface area contributed by atoms with Gasteiger partial charge in [0, 0.05) is 16.5 Å². The fourth-order valence-corrected chi connectivity index (χ4v) is 2.15. The molecule has 0 N–H and O–H groups in total. The van der Waals surface area contributed by atoms with Crippen LogP contribution in [0.4, 0.5) is 0 Å². The zero-order valence-corrected chi connectivity index (χ0v) is 12.8. The van der Waals surface area contributed by atoms with Crippen molar-refractivity contribution in [2.24, 2.45) is 0 Å². The molecular formula is C14H17BrO4. The van der Waals surface area contributed by atoms with E-state index >= 15 is 0 Å². The molecule has 1 aromatic carbocycles. The van der Waals surface area contributed by atoms with E-state index in [9.17, 15) is 9.59 Å². The van der Waals surface area contributed by atoms with E-state index in [1.165, 1.54) is 7.11 Å². The summed E-state index contributed by atoms with van der Waals surface area (Å²) in [6.45, 7) is 3.68. The number of benzene rings is 1. The lowest BCUT2D eigenvalue weighted by Gasteiger charge is -2.25. The number of hydrogen-bond donors (Lipinski definition) is 0. The number of hydrogen-bond acceptors (Lipinski definition) is 4. The van der Waals surface area contributed by atoms with E-state index in [1.807, 2.05) is 26.0 Å². The maximum atomic E-state index is 11.1. The van der Waals surface area contributed by atoms with Crippen molar-refractivity contribution < 1.29 is 19.1 Å². The predicted molar refractivity (Wildman–Crippen MR) is 75.3 cm³/mol. The van der Waals surface area contributed by atoms with Crippen molar-refractivity contribution in [3.63, 3.8) is 0 Å². The van der Waals surface area contributed by atoms with Gasteiger partial charge in [-0.05, 0) is 35.3 Å². The Hall–Kier alpha value is -1.20. The van der Waals surface area contributed by atoms with Crippen LogP contribution in [0.15, 0.2) is 22.7 Å². The summed E-state index contributed by atoms with van der Waals surface area (Å²) in [4.78, 5) is 22.0. The van der Waals surface area contributed by atoms with Crippen molar-refractivity contribution in [3.05, 3.63) is 33.8 Å². The summed E-state index contributed by atoms with van der Waals surface area (Å²) >= 11 is 3.41. The Morgan fingerprint density at radius 1 is 1.42 bits per heavy atom. The van der Waals surface area contributed by atoms with Crippen LogP contribution in [0.1, 0.15) is 29.8 Å². The van der Waals surface area contributed by atoms with Gasteiger partial charge < -0.3 is 9.47 Å². The highest BCUT2D eigenvalue weighted by molar-refractivity contribution is 9.10. The molecule has 0 radical (unpaired) electrons. The zero-order valence-electron chi connectivity index (χ0n) is 11.2. The fraction of sp³-hybridized carbons (Fsp3) is 0.429. The molecule has 0 fully saturated rings. The molecule has 0 heterocycles. The van der Waals surface area contributed by atoms with Crippen LogP contribution in [-0.2, 0) is 20.7 Å². The molecule has 0 aromatic heterocycles. The van der Waals surface area contributed by atoms with Crippen LogP contribution >= 0.6 is 15.9 Å².